The van der Waals surface area contributed by atoms with Crippen molar-refractivity contribution in [1.29, 1.82) is 0 Å². The molecule has 1 aromatic heterocycles. The number of fused-ring (bicyclic) bond motifs is 1. The van der Waals surface area contributed by atoms with Crippen molar-refractivity contribution in [2.75, 3.05) is 11.1 Å². The lowest BCUT2D eigenvalue weighted by Crippen LogP contribution is -2.18. The topological polar surface area (TPSA) is 98.3 Å². The van der Waals surface area contributed by atoms with E-state index in [0.717, 1.165) is 23.9 Å². The Balaban J connectivity index is 1.72. The number of halogens is 4. The van der Waals surface area contributed by atoms with Crippen molar-refractivity contribution in [2.45, 2.75) is 11.4 Å². The molecule has 146 valence electrons. The lowest BCUT2D eigenvalue weighted by Gasteiger charge is -2.13. The van der Waals surface area contributed by atoms with Crippen LogP contribution < -0.4 is 5.32 Å². The third kappa shape index (κ3) is 4.54. The summed E-state index contributed by atoms with van der Waals surface area (Å²) in [5, 5.41) is 13.4. The molecule has 0 aliphatic heterocycles. The van der Waals surface area contributed by atoms with Gasteiger partial charge in [0, 0.05) is 17.2 Å². The number of nitro groups is 1. The van der Waals surface area contributed by atoms with Gasteiger partial charge in [-0.25, -0.2) is 4.98 Å². The summed E-state index contributed by atoms with van der Waals surface area (Å²) in [5.41, 5.74) is -1.69. The number of aromatic nitrogens is 1. The number of thioether (sulfide) groups is 1. The fraction of sp³-hybridized carbons (Fsp3) is 0.125. The van der Waals surface area contributed by atoms with Crippen molar-refractivity contribution in [1.82, 2.24) is 4.98 Å². The summed E-state index contributed by atoms with van der Waals surface area (Å²) >= 11 is 6.72. The molecule has 2 aromatic carbocycles. The van der Waals surface area contributed by atoms with Crippen LogP contribution in [0.3, 0.4) is 0 Å². The lowest BCUT2D eigenvalue weighted by atomic mass is 10.1. The Labute approximate surface area is 164 Å². The molecule has 0 aliphatic rings. The molecule has 0 bridgehead atoms. The van der Waals surface area contributed by atoms with Gasteiger partial charge in [-0.2, -0.15) is 13.2 Å². The van der Waals surface area contributed by atoms with Crippen LogP contribution in [0.1, 0.15) is 5.56 Å². The molecule has 0 saturated carbocycles. The van der Waals surface area contributed by atoms with E-state index < -0.39 is 33.9 Å². The summed E-state index contributed by atoms with van der Waals surface area (Å²) < 4.78 is 44.8. The second-order valence-electron chi connectivity index (χ2n) is 5.41. The number of non-ortho nitro benzene ring substituents is 1. The molecule has 0 atom stereocenters. The molecular weight excluding hydrogens is 423 g/mol. The molecule has 3 rings (SSSR count). The van der Waals surface area contributed by atoms with Gasteiger partial charge in [0.15, 0.2) is 5.58 Å². The number of rotatable bonds is 5. The van der Waals surface area contributed by atoms with E-state index in [1.807, 2.05) is 0 Å². The van der Waals surface area contributed by atoms with Crippen molar-refractivity contribution < 1.29 is 27.3 Å². The van der Waals surface area contributed by atoms with E-state index in [4.69, 9.17) is 16.0 Å². The van der Waals surface area contributed by atoms with Gasteiger partial charge in [0.1, 0.15) is 5.52 Å². The Morgan fingerprint density at radius 2 is 2.04 bits per heavy atom. The smallest absolute Gasteiger partial charge is 0.418 e. The summed E-state index contributed by atoms with van der Waals surface area (Å²) in [6.07, 6.45) is -4.87. The van der Waals surface area contributed by atoms with E-state index in [2.05, 4.69) is 10.3 Å². The van der Waals surface area contributed by atoms with Gasteiger partial charge < -0.3 is 9.73 Å². The van der Waals surface area contributed by atoms with E-state index in [1.54, 1.807) is 18.2 Å². The Bertz CT molecular complexity index is 1070. The molecule has 12 heteroatoms. The first-order valence-electron chi connectivity index (χ1n) is 7.48. The van der Waals surface area contributed by atoms with Crippen LogP contribution in [-0.2, 0) is 11.0 Å². The van der Waals surface area contributed by atoms with Gasteiger partial charge in [-0.3, -0.25) is 14.9 Å². The molecule has 7 nitrogen and oxygen atoms in total. The number of carbonyl (C=O) groups is 1. The van der Waals surface area contributed by atoms with E-state index in [-0.39, 0.29) is 11.0 Å². The van der Waals surface area contributed by atoms with Crippen LogP contribution in [0.25, 0.3) is 11.1 Å². The largest absolute Gasteiger partial charge is 0.431 e. The number of carbonyl (C=O) groups excluding carboxylic acids is 1. The fourth-order valence-electron chi connectivity index (χ4n) is 2.24. The van der Waals surface area contributed by atoms with Crippen LogP contribution in [-0.4, -0.2) is 21.6 Å². The highest BCUT2D eigenvalue weighted by Gasteiger charge is 2.35. The van der Waals surface area contributed by atoms with Crippen LogP contribution >= 0.6 is 23.4 Å². The molecule has 1 amide bonds. The fourth-order valence-corrected chi connectivity index (χ4v) is 3.05. The number of oxazole rings is 1. The van der Waals surface area contributed by atoms with Gasteiger partial charge >= 0.3 is 6.18 Å². The molecule has 0 fully saturated rings. The van der Waals surface area contributed by atoms with Crippen LogP contribution in [0.4, 0.5) is 24.5 Å². The number of anilines is 1. The minimum atomic E-state index is -4.87. The average molecular weight is 432 g/mol. The molecule has 0 spiro atoms. The second kappa shape index (κ2) is 7.68. The Kier molecular flexibility index (Phi) is 5.47. The van der Waals surface area contributed by atoms with Gasteiger partial charge in [-0.1, -0.05) is 23.4 Å². The van der Waals surface area contributed by atoms with Gasteiger partial charge in [0.25, 0.3) is 10.9 Å². The van der Waals surface area contributed by atoms with Gasteiger partial charge in [0.05, 0.1) is 21.9 Å². The standard InChI is InChI=1S/C16H9ClF3N3O4S/c17-8-1-4-13-12(5-8)22-15(27-13)28-7-14(24)21-11-3-2-9(23(25)26)6-10(11)16(18,19)20/h1-6H,7H2,(H,21,24). The van der Waals surface area contributed by atoms with Gasteiger partial charge in [0.2, 0.25) is 5.91 Å². The Morgan fingerprint density at radius 3 is 2.71 bits per heavy atom. The summed E-state index contributed by atoms with van der Waals surface area (Å²) in [5.74, 6) is -1.04. The molecule has 0 saturated heterocycles. The zero-order valence-electron chi connectivity index (χ0n) is 13.6. The number of alkyl halides is 3. The summed E-state index contributed by atoms with van der Waals surface area (Å²) in [4.78, 5) is 25.9. The molecule has 0 unspecified atom stereocenters. The van der Waals surface area contributed by atoms with E-state index in [0.29, 0.717) is 22.2 Å². The summed E-state index contributed by atoms with van der Waals surface area (Å²) in [6, 6.07) is 6.85. The normalized spacial score (nSPS) is 11.6. The molecule has 28 heavy (non-hydrogen) atoms. The lowest BCUT2D eigenvalue weighted by molar-refractivity contribution is -0.385. The number of nitrogens with one attached hydrogen (secondary N) is 1. The van der Waals surface area contributed by atoms with Crippen molar-refractivity contribution in [3.63, 3.8) is 0 Å². The first kappa shape index (κ1) is 20.0. The zero-order chi connectivity index (χ0) is 20.5. The molecular formula is C16H9ClF3N3O4S. The van der Waals surface area contributed by atoms with Crippen LogP contribution in [0, 0.1) is 10.1 Å². The number of hydrogen-bond acceptors (Lipinski definition) is 6. The predicted molar refractivity (Wildman–Crippen MR) is 96.5 cm³/mol. The van der Waals surface area contributed by atoms with Crippen LogP contribution in [0.2, 0.25) is 5.02 Å². The van der Waals surface area contributed by atoms with Crippen LogP contribution in [0.5, 0.6) is 0 Å². The number of nitro benzene ring substituents is 1. The quantitative estimate of drug-likeness (QED) is 0.341. The highest BCUT2D eigenvalue weighted by atomic mass is 35.5. The van der Waals surface area contributed by atoms with Gasteiger partial charge in [-0.15, -0.1) is 0 Å². The highest BCUT2D eigenvalue weighted by Crippen LogP contribution is 2.37. The third-order valence-electron chi connectivity index (χ3n) is 3.45. The first-order chi connectivity index (χ1) is 13.1. The maximum atomic E-state index is 13.1. The van der Waals surface area contributed by atoms with Gasteiger partial charge in [-0.05, 0) is 24.3 Å². The summed E-state index contributed by atoms with van der Waals surface area (Å²) in [7, 11) is 0. The van der Waals surface area contributed by atoms with Crippen molar-refractivity contribution in [2.24, 2.45) is 0 Å². The van der Waals surface area contributed by atoms with E-state index in [9.17, 15) is 28.1 Å². The number of nitrogens with zero attached hydrogens (tertiary/aromatic N) is 2. The first-order valence-corrected chi connectivity index (χ1v) is 8.84. The van der Waals surface area contributed by atoms with E-state index in [1.165, 1.54) is 0 Å². The van der Waals surface area contributed by atoms with Crippen LogP contribution in [0.15, 0.2) is 46.0 Å². The Hall–Kier alpha value is -2.79. The second-order valence-corrected chi connectivity index (χ2v) is 6.78. The van der Waals surface area contributed by atoms with Crippen molar-refractivity contribution in [3.8, 4) is 0 Å². The SMILES string of the molecule is O=C(CSc1nc2cc(Cl)ccc2o1)Nc1ccc([N+](=O)[O-])cc1C(F)(F)F. The molecule has 0 aliphatic carbocycles. The maximum absolute atomic E-state index is 13.1. The minimum Gasteiger partial charge on any atom is -0.431 e. The van der Waals surface area contributed by atoms with Crippen molar-refractivity contribution in [3.05, 3.63) is 57.1 Å². The Morgan fingerprint density at radius 1 is 1.29 bits per heavy atom. The molecule has 1 N–H and O–H groups in total. The predicted octanol–water partition coefficient (Wildman–Crippen LogP) is 5.14. The molecule has 1 heterocycles. The summed E-state index contributed by atoms with van der Waals surface area (Å²) in [6.45, 7) is 0. The average Bonchev–Trinajstić information content (AvgIpc) is 3.01. The zero-order valence-corrected chi connectivity index (χ0v) is 15.2. The number of hydrogen-bond donors (Lipinski definition) is 1. The minimum absolute atomic E-state index is 0.146. The third-order valence-corrected chi connectivity index (χ3v) is 4.51. The number of benzene rings is 2. The maximum Gasteiger partial charge on any atom is 0.418 e. The molecule has 3 aromatic rings. The van der Waals surface area contributed by atoms with E-state index >= 15 is 0 Å². The van der Waals surface area contributed by atoms with Crippen molar-refractivity contribution >= 4 is 51.7 Å². The number of amides is 1. The monoisotopic (exact) mass is 431 g/mol. The highest BCUT2D eigenvalue weighted by molar-refractivity contribution is 7.99. The molecule has 0 radical (unpaired) electrons.